The number of hydrogen-bond donors (Lipinski definition) is 2. The molecule has 0 atom stereocenters. The average Bonchev–Trinajstić information content (AvgIpc) is 2.68. The van der Waals surface area contributed by atoms with E-state index in [9.17, 15) is 10.1 Å². The molecule has 0 unspecified atom stereocenters. The van der Waals surface area contributed by atoms with Crippen LogP contribution in [0.4, 0.5) is 0 Å². The number of carbonyl (C=O) groups is 1. The zero-order valence-corrected chi connectivity index (χ0v) is 17.3. The first-order chi connectivity index (χ1) is 13.7. The predicted octanol–water partition coefficient (Wildman–Crippen LogP) is 5.28. The molecule has 28 heavy (non-hydrogen) atoms. The van der Waals surface area contributed by atoms with Gasteiger partial charge in [0.2, 0.25) is 0 Å². The maximum atomic E-state index is 12.6. The molecule has 1 aliphatic carbocycles. The number of hydrogen-bond acceptors (Lipinski definition) is 3. The molecule has 0 bridgehead atoms. The van der Waals surface area contributed by atoms with E-state index in [0.717, 1.165) is 31.2 Å². The van der Waals surface area contributed by atoms with Crippen molar-refractivity contribution in [3.63, 3.8) is 0 Å². The quantitative estimate of drug-likeness (QED) is 0.538. The number of amides is 1. The third-order valence-corrected chi connectivity index (χ3v) is 5.61. The van der Waals surface area contributed by atoms with Gasteiger partial charge in [0.1, 0.15) is 11.6 Å². The second kappa shape index (κ2) is 13.0. The van der Waals surface area contributed by atoms with E-state index in [1.807, 2.05) is 24.3 Å². The lowest BCUT2D eigenvalue weighted by atomic mass is 9.98. The van der Waals surface area contributed by atoms with Crippen LogP contribution in [0.2, 0.25) is 0 Å². The molecule has 4 nitrogen and oxygen atoms in total. The minimum Gasteiger partial charge on any atom is -0.386 e. The summed E-state index contributed by atoms with van der Waals surface area (Å²) < 4.78 is 0. The summed E-state index contributed by atoms with van der Waals surface area (Å²) in [5.74, 6) is -0.253. The standard InChI is InChI=1S/C24H35N3O/c1-20-13-11-12-14-21(20)18-26-19-22(17-25)24(28)27-23-15-9-7-5-3-2-4-6-8-10-16-23/h11-14,19,23,26H,2-10,15-16,18H2,1H3,(H,27,28)/b22-19-. The van der Waals surface area contributed by atoms with Gasteiger partial charge < -0.3 is 10.6 Å². The van der Waals surface area contributed by atoms with E-state index in [0.29, 0.717) is 6.54 Å². The molecule has 1 aliphatic rings. The summed E-state index contributed by atoms with van der Waals surface area (Å²) in [6.45, 7) is 2.66. The van der Waals surface area contributed by atoms with E-state index in [2.05, 4.69) is 23.6 Å². The highest BCUT2D eigenvalue weighted by molar-refractivity contribution is 5.97. The minimum atomic E-state index is -0.253. The molecule has 152 valence electrons. The first-order valence-corrected chi connectivity index (χ1v) is 10.9. The molecule has 1 amide bonds. The van der Waals surface area contributed by atoms with Crippen LogP contribution in [0.1, 0.15) is 81.8 Å². The Hall–Kier alpha value is -2.28. The van der Waals surface area contributed by atoms with Gasteiger partial charge in [0.05, 0.1) is 0 Å². The fraction of sp³-hybridized carbons (Fsp3) is 0.583. The van der Waals surface area contributed by atoms with Crippen molar-refractivity contribution in [2.24, 2.45) is 0 Å². The Morgan fingerprint density at radius 1 is 1.04 bits per heavy atom. The van der Waals surface area contributed by atoms with E-state index < -0.39 is 0 Å². The van der Waals surface area contributed by atoms with E-state index in [4.69, 9.17) is 0 Å². The Morgan fingerprint density at radius 2 is 1.61 bits per heavy atom. The summed E-state index contributed by atoms with van der Waals surface area (Å²) in [5, 5.41) is 15.6. The molecule has 4 heteroatoms. The number of aryl methyl sites for hydroxylation is 1. The summed E-state index contributed by atoms with van der Waals surface area (Å²) in [4.78, 5) is 12.6. The second-order valence-electron chi connectivity index (χ2n) is 7.91. The van der Waals surface area contributed by atoms with Crippen molar-refractivity contribution >= 4 is 5.91 Å². The highest BCUT2D eigenvalue weighted by atomic mass is 16.1. The van der Waals surface area contributed by atoms with Crippen LogP contribution in [-0.2, 0) is 11.3 Å². The lowest BCUT2D eigenvalue weighted by Gasteiger charge is -2.19. The molecule has 1 saturated carbocycles. The molecule has 1 aromatic carbocycles. The van der Waals surface area contributed by atoms with Gasteiger partial charge in [-0.25, -0.2) is 0 Å². The van der Waals surface area contributed by atoms with Gasteiger partial charge in [-0.2, -0.15) is 5.26 Å². The van der Waals surface area contributed by atoms with Crippen molar-refractivity contribution in [3.8, 4) is 6.07 Å². The molecule has 0 aliphatic heterocycles. The third-order valence-electron chi connectivity index (χ3n) is 5.61. The van der Waals surface area contributed by atoms with Gasteiger partial charge in [-0.15, -0.1) is 0 Å². The fourth-order valence-electron chi connectivity index (χ4n) is 3.79. The Bertz CT molecular complexity index is 663. The van der Waals surface area contributed by atoms with E-state index >= 15 is 0 Å². The Kier molecular flexibility index (Phi) is 10.2. The van der Waals surface area contributed by atoms with Gasteiger partial charge in [-0.1, -0.05) is 82.1 Å². The van der Waals surface area contributed by atoms with Crippen LogP contribution < -0.4 is 10.6 Å². The summed E-state index contributed by atoms with van der Waals surface area (Å²) in [6.07, 6.45) is 15.0. The topological polar surface area (TPSA) is 64.9 Å². The van der Waals surface area contributed by atoms with Gasteiger partial charge in [-0.05, 0) is 30.9 Å². The summed E-state index contributed by atoms with van der Waals surface area (Å²) in [7, 11) is 0. The molecule has 0 heterocycles. The molecule has 0 radical (unpaired) electrons. The summed E-state index contributed by atoms with van der Waals surface area (Å²) in [5.41, 5.74) is 2.51. The van der Waals surface area contributed by atoms with Gasteiger partial charge in [-0.3, -0.25) is 4.79 Å². The molecule has 1 fully saturated rings. The lowest BCUT2D eigenvalue weighted by molar-refractivity contribution is -0.117. The highest BCUT2D eigenvalue weighted by Gasteiger charge is 2.16. The van der Waals surface area contributed by atoms with Gasteiger partial charge in [0.25, 0.3) is 5.91 Å². The molecule has 2 rings (SSSR count). The Balaban J connectivity index is 1.87. The smallest absolute Gasteiger partial charge is 0.263 e. The van der Waals surface area contributed by atoms with Crippen LogP contribution in [0.25, 0.3) is 0 Å². The van der Waals surface area contributed by atoms with Crippen molar-refractivity contribution in [1.29, 1.82) is 5.26 Å². The Morgan fingerprint density at radius 3 is 2.18 bits per heavy atom. The molecule has 1 aromatic rings. The molecule has 2 N–H and O–H groups in total. The number of nitriles is 1. The molecule has 0 spiro atoms. The van der Waals surface area contributed by atoms with E-state index in [1.54, 1.807) is 6.20 Å². The van der Waals surface area contributed by atoms with Gasteiger partial charge in [0, 0.05) is 18.8 Å². The minimum absolute atomic E-state index is 0.153. The zero-order valence-electron chi connectivity index (χ0n) is 17.3. The Labute approximate surface area is 170 Å². The van der Waals surface area contributed by atoms with Gasteiger partial charge in [0.15, 0.2) is 0 Å². The zero-order chi connectivity index (χ0) is 20.0. The number of benzene rings is 1. The maximum absolute atomic E-state index is 12.6. The predicted molar refractivity (Wildman–Crippen MR) is 114 cm³/mol. The third kappa shape index (κ3) is 8.17. The molecule has 0 saturated heterocycles. The van der Waals surface area contributed by atoms with Crippen LogP contribution in [0, 0.1) is 18.3 Å². The van der Waals surface area contributed by atoms with Crippen LogP contribution in [0.5, 0.6) is 0 Å². The first kappa shape index (κ1) is 22.0. The van der Waals surface area contributed by atoms with Crippen molar-refractivity contribution in [2.45, 2.75) is 90.1 Å². The normalized spacial score (nSPS) is 17.6. The van der Waals surface area contributed by atoms with Crippen LogP contribution >= 0.6 is 0 Å². The van der Waals surface area contributed by atoms with Crippen LogP contribution in [0.3, 0.4) is 0 Å². The SMILES string of the molecule is Cc1ccccc1CN/C=C(/C#N)C(=O)NC1CCCCCCCCCCC1. The van der Waals surface area contributed by atoms with Crippen molar-refractivity contribution < 1.29 is 4.79 Å². The molecular weight excluding hydrogens is 346 g/mol. The van der Waals surface area contributed by atoms with Crippen molar-refractivity contribution in [2.75, 3.05) is 0 Å². The highest BCUT2D eigenvalue weighted by Crippen LogP contribution is 2.17. The fourth-order valence-corrected chi connectivity index (χ4v) is 3.79. The number of rotatable bonds is 5. The number of nitrogens with one attached hydrogen (secondary N) is 2. The molecular formula is C24H35N3O. The van der Waals surface area contributed by atoms with Crippen LogP contribution in [0.15, 0.2) is 36.0 Å². The number of nitrogens with zero attached hydrogens (tertiary/aromatic N) is 1. The summed E-state index contributed by atoms with van der Waals surface area (Å²) in [6, 6.07) is 10.3. The van der Waals surface area contributed by atoms with E-state index in [1.165, 1.54) is 50.5 Å². The van der Waals surface area contributed by atoms with Crippen molar-refractivity contribution in [3.05, 3.63) is 47.2 Å². The van der Waals surface area contributed by atoms with E-state index in [-0.39, 0.29) is 17.5 Å². The van der Waals surface area contributed by atoms with Gasteiger partial charge >= 0.3 is 0 Å². The first-order valence-electron chi connectivity index (χ1n) is 10.9. The second-order valence-corrected chi connectivity index (χ2v) is 7.91. The average molecular weight is 382 g/mol. The largest absolute Gasteiger partial charge is 0.386 e. The van der Waals surface area contributed by atoms with Crippen LogP contribution in [-0.4, -0.2) is 11.9 Å². The number of carbonyl (C=O) groups excluding carboxylic acids is 1. The lowest BCUT2D eigenvalue weighted by Crippen LogP contribution is -2.36. The van der Waals surface area contributed by atoms with Crippen molar-refractivity contribution in [1.82, 2.24) is 10.6 Å². The molecule has 0 aromatic heterocycles. The maximum Gasteiger partial charge on any atom is 0.263 e. The monoisotopic (exact) mass is 381 g/mol. The summed E-state index contributed by atoms with van der Waals surface area (Å²) >= 11 is 0.